The van der Waals surface area contributed by atoms with E-state index in [9.17, 15) is 14.0 Å². The Labute approximate surface area is 123 Å². The fourth-order valence-electron chi connectivity index (χ4n) is 2.62. The molecule has 2 amide bonds. The number of halogens is 1. The molecule has 21 heavy (non-hydrogen) atoms. The summed E-state index contributed by atoms with van der Waals surface area (Å²) in [5, 5.41) is 2.33. The van der Waals surface area contributed by atoms with Crippen molar-refractivity contribution in [3.05, 3.63) is 29.1 Å². The molecule has 1 aliphatic rings. The van der Waals surface area contributed by atoms with Crippen molar-refractivity contribution in [1.29, 1.82) is 0 Å². The van der Waals surface area contributed by atoms with Crippen LogP contribution in [0.1, 0.15) is 37.4 Å². The highest BCUT2D eigenvalue weighted by atomic mass is 19.1. The van der Waals surface area contributed by atoms with Crippen LogP contribution in [0.5, 0.6) is 0 Å². The van der Waals surface area contributed by atoms with Gasteiger partial charge >= 0.3 is 0 Å². The largest absolute Gasteiger partial charge is 0.350 e. The number of piperazine rings is 1. The second-order valence-corrected chi connectivity index (χ2v) is 5.41. The second-order valence-electron chi connectivity index (χ2n) is 5.41. The zero-order chi connectivity index (χ0) is 15.7. The minimum Gasteiger partial charge on any atom is -0.350 e. The molecular weight excluding hydrogens is 273 g/mol. The number of hydrogen-bond donors (Lipinski definition) is 2. The van der Waals surface area contributed by atoms with Gasteiger partial charge in [-0.1, -0.05) is 6.92 Å². The number of anilines is 1. The second kappa shape index (κ2) is 5.81. The van der Waals surface area contributed by atoms with Gasteiger partial charge in [-0.15, -0.1) is 0 Å². The van der Waals surface area contributed by atoms with Gasteiger partial charge < -0.3 is 10.6 Å². The summed E-state index contributed by atoms with van der Waals surface area (Å²) in [7, 11) is 0. The molecule has 0 radical (unpaired) electrons. The Hall–Kier alpha value is -1.95. The number of amides is 2. The Morgan fingerprint density at radius 1 is 1.48 bits per heavy atom. The van der Waals surface area contributed by atoms with Crippen molar-refractivity contribution in [2.45, 2.75) is 39.3 Å². The zero-order valence-corrected chi connectivity index (χ0v) is 12.4. The van der Waals surface area contributed by atoms with Crippen molar-refractivity contribution in [2.75, 3.05) is 11.4 Å². The third kappa shape index (κ3) is 2.90. The van der Waals surface area contributed by atoms with Crippen LogP contribution in [0, 0.1) is 12.7 Å². The maximum Gasteiger partial charge on any atom is 0.249 e. The first-order valence-corrected chi connectivity index (χ1v) is 7.01. The van der Waals surface area contributed by atoms with Gasteiger partial charge in [0, 0.05) is 11.7 Å². The summed E-state index contributed by atoms with van der Waals surface area (Å²) in [6.07, 6.45) is 0.550. The van der Waals surface area contributed by atoms with Crippen molar-refractivity contribution in [3.8, 4) is 0 Å². The Kier molecular flexibility index (Phi) is 4.27. The van der Waals surface area contributed by atoms with Crippen molar-refractivity contribution in [2.24, 2.45) is 5.73 Å². The topological polar surface area (TPSA) is 75.4 Å². The van der Waals surface area contributed by atoms with E-state index < -0.39 is 12.1 Å². The van der Waals surface area contributed by atoms with Gasteiger partial charge in [0.05, 0.1) is 6.54 Å². The average molecular weight is 293 g/mol. The summed E-state index contributed by atoms with van der Waals surface area (Å²) in [5.74, 6) is -1.03. The van der Waals surface area contributed by atoms with Crippen molar-refractivity contribution in [1.82, 2.24) is 5.32 Å². The van der Waals surface area contributed by atoms with Crippen LogP contribution < -0.4 is 16.0 Å². The van der Waals surface area contributed by atoms with E-state index in [-0.39, 0.29) is 24.2 Å². The first-order valence-electron chi connectivity index (χ1n) is 7.01. The molecule has 6 heteroatoms. The maximum absolute atomic E-state index is 13.8. The van der Waals surface area contributed by atoms with Crippen molar-refractivity contribution < 1.29 is 14.0 Å². The van der Waals surface area contributed by atoms with E-state index in [1.807, 2.05) is 6.92 Å². The minimum atomic E-state index is -0.454. The van der Waals surface area contributed by atoms with Gasteiger partial charge in [0.15, 0.2) is 0 Å². The number of nitrogens with two attached hydrogens (primary N) is 1. The van der Waals surface area contributed by atoms with Gasteiger partial charge in [-0.3, -0.25) is 14.9 Å². The van der Waals surface area contributed by atoms with E-state index in [2.05, 4.69) is 5.32 Å². The fraction of sp³-hybridized carbons (Fsp3) is 0.467. The van der Waals surface area contributed by atoms with Crippen LogP contribution in [0.3, 0.4) is 0 Å². The molecule has 1 heterocycles. The number of aryl methyl sites for hydroxylation is 1. The zero-order valence-electron chi connectivity index (χ0n) is 12.4. The van der Waals surface area contributed by atoms with Crippen LogP contribution in [0.25, 0.3) is 0 Å². The molecule has 2 atom stereocenters. The van der Waals surface area contributed by atoms with E-state index in [0.717, 1.165) is 0 Å². The van der Waals surface area contributed by atoms with Crippen LogP contribution in [0.4, 0.5) is 10.1 Å². The standard InChI is InChI=1S/C15H20FN3O2/c1-4-12-15(21)18-14(20)7-19(12)13-5-8(2)11(16)6-10(13)9(3)17/h5-6,9,12H,4,7,17H2,1-3H3,(H,18,20,21)/t9-,12?/m0/s1. The number of nitrogens with zero attached hydrogens (tertiary/aromatic N) is 1. The summed E-state index contributed by atoms with van der Waals surface area (Å²) in [6, 6.07) is 2.19. The highest BCUT2D eigenvalue weighted by Crippen LogP contribution is 2.31. The number of carbonyl (C=O) groups is 2. The average Bonchev–Trinajstić information content (AvgIpc) is 2.40. The van der Waals surface area contributed by atoms with E-state index >= 15 is 0 Å². The molecular formula is C15H20FN3O2. The summed E-state index contributed by atoms with van der Waals surface area (Å²) >= 11 is 0. The third-order valence-corrected chi connectivity index (χ3v) is 3.75. The maximum atomic E-state index is 13.8. The molecule has 1 aromatic carbocycles. The lowest BCUT2D eigenvalue weighted by molar-refractivity contribution is -0.132. The van der Waals surface area contributed by atoms with E-state index in [1.165, 1.54) is 6.07 Å². The fourth-order valence-corrected chi connectivity index (χ4v) is 2.62. The summed E-state index contributed by atoms with van der Waals surface area (Å²) in [5.41, 5.74) is 7.63. The van der Waals surface area contributed by atoms with E-state index in [4.69, 9.17) is 5.73 Å². The van der Waals surface area contributed by atoms with Gasteiger partial charge in [-0.25, -0.2) is 4.39 Å². The number of carbonyl (C=O) groups excluding carboxylic acids is 2. The molecule has 1 fully saturated rings. The molecule has 0 aliphatic carbocycles. The van der Waals surface area contributed by atoms with Crippen LogP contribution in [0.2, 0.25) is 0 Å². The molecule has 3 N–H and O–H groups in total. The molecule has 0 saturated carbocycles. The predicted molar refractivity (Wildman–Crippen MR) is 78.3 cm³/mol. The number of imide groups is 1. The molecule has 1 saturated heterocycles. The molecule has 1 aliphatic heterocycles. The van der Waals surface area contributed by atoms with Gasteiger partial charge in [-0.05, 0) is 43.5 Å². The molecule has 114 valence electrons. The quantitative estimate of drug-likeness (QED) is 0.826. The highest BCUT2D eigenvalue weighted by Gasteiger charge is 2.34. The summed E-state index contributed by atoms with van der Waals surface area (Å²) in [6.45, 7) is 5.33. The van der Waals surface area contributed by atoms with Gasteiger partial charge in [0.2, 0.25) is 11.8 Å². The normalized spacial score (nSPS) is 20.4. The summed E-state index contributed by atoms with van der Waals surface area (Å²) < 4.78 is 13.8. The Morgan fingerprint density at radius 3 is 2.71 bits per heavy atom. The third-order valence-electron chi connectivity index (χ3n) is 3.75. The smallest absolute Gasteiger partial charge is 0.249 e. The van der Waals surface area contributed by atoms with Crippen LogP contribution in [-0.2, 0) is 9.59 Å². The molecule has 0 spiro atoms. The van der Waals surface area contributed by atoms with Gasteiger partial charge in [0.1, 0.15) is 11.9 Å². The van der Waals surface area contributed by atoms with Crippen LogP contribution in [-0.4, -0.2) is 24.4 Å². The number of hydrogen-bond acceptors (Lipinski definition) is 4. The van der Waals surface area contributed by atoms with Crippen LogP contribution in [0.15, 0.2) is 12.1 Å². The van der Waals surface area contributed by atoms with Crippen LogP contribution >= 0.6 is 0 Å². The summed E-state index contributed by atoms with van der Waals surface area (Å²) in [4.78, 5) is 25.4. The van der Waals surface area contributed by atoms with Crippen molar-refractivity contribution >= 4 is 17.5 Å². The Balaban J connectivity index is 2.54. The first-order chi connectivity index (χ1) is 9.85. The number of benzene rings is 1. The molecule has 1 aromatic rings. The minimum absolute atomic E-state index is 0.0645. The van der Waals surface area contributed by atoms with E-state index in [0.29, 0.717) is 23.2 Å². The SMILES string of the molecule is CCC1C(=O)NC(=O)CN1c1cc(C)c(F)cc1[C@H](C)N. The van der Waals surface area contributed by atoms with Gasteiger partial charge in [-0.2, -0.15) is 0 Å². The number of rotatable bonds is 3. The monoisotopic (exact) mass is 293 g/mol. The van der Waals surface area contributed by atoms with E-state index in [1.54, 1.807) is 24.8 Å². The number of nitrogens with one attached hydrogen (secondary N) is 1. The molecule has 1 unspecified atom stereocenters. The lowest BCUT2D eigenvalue weighted by atomic mass is 9.99. The predicted octanol–water partition coefficient (Wildman–Crippen LogP) is 1.40. The molecule has 0 aromatic heterocycles. The van der Waals surface area contributed by atoms with Gasteiger partial charge in [0.25, 0.3) is 0 Å². The lowest BCUT2D eigenvalue weighted by Gasteiger charge is -2.37. The Morgan fingerprint density at radius 2 is 2.14 bits per heavy atom. The highest BCUT2D eigenvalue weighted by molar-refractivity contribution is 6.04. The molecule has 0 bridgehead atoms. The lowest BCUT2D eigenvalue weighted by Crippen LogP contribution is -2.58. The first kappa shape index (κ1) is 15.4. The Bertz CT molecular complexity index is 587. The molecule has 5 nitrogen and oxygen atoms in total. The van der Waals surface area contributed by atoms with Crippen molar-refractivity contribution in [3.63, 3.8) is 0 Å². The molecule has 2 rings (SSSR count).